The van der Waals surface area contributed by atoms with Crippen LogP contribution in [0.2, 0.25) is 0 Å². The van der Waals surface area contributed by atoms with Crippen molar-refractivity contribution in [1.82, 2.24) is 15.5 Å². The summed E-state index contributed by atoms with van der Waals surface area (Å²) in [7, 11) is 1.80. The average molecular weight is 366 g/mol. The van der Waals surface area contributed by atoms with Crippen LogP contribution in [0.25, 0.3) is 0 Å². The van der Waals surface area contributed by atoms with E-state index in [2.05, 4.69) is 39.6 Å². The molecule has 1 fully saturated rings. The van der Waals surface area contributed by atoms with Crippen molar-refractivity contribution in [3.05, 3.63) is 21.9 Å². The number of hydrogen-bond donors (Lipinski definition) is 3. The number of aliphatic imine (C=N–C) groups is 1. The summed E-state index contributed by atoms with van der Waals surface area (Å²) >= 11 is 1.81. The summed E-state index contributed by atoms with van der Waals surface area (Å²) in [5.41, 5.74) is 5.37. The summed E-state index contributed by atoms with van der Waals surface area (Å²) < 4.78 is 0. The number of hydrogen-bond acceptors (Lipinski definition) is 4. The highest BCUT2D eigenvalue weighted by Gasteiger charge is 2.22. The van der Waals surface area contributed by atoms with E-state index in [1.54, 1.807) is 7.05 Å². The number of likely N-dealkylation sites (tertiary alicyclic amines) is 1. The number of carbonyl (C=O) groups is 1. The summed E-state index contributed by atoms with van der Waals surface area (Å²) in [5.74, 6) is 0.799. The lowest BCUT2D eigenvalue weighted by Crippen LogP contribution is -2.39. The van der Waals surface area contributed by atoms with Gasteiger partial charge in [0.2, 0.25) is 5.91 Å². The van der Waals surface area contributed by atoms with Crippen LogP contribution in [-0.4, -0.2) is 50.0 Å². The minimum atomic E-state index is -0.138. The zero-order valence-electron chi connectivity index (χ0n) is 15.4. The van der Waals surface area contributed by atoms with Crippen LogP contribution in [0.5, 0.6) is 0 Å². The van der Waals surface area contributed by atoms with Crippen molar-refractivity contribution in [3.8, 4) is 0 Å². The second-order valence-corrected chi connectivity index (χ2v) is 7.96. The first-order valence-corrected chi connectivity index (χ1v) is 9.91. The van der Waals surface area contributed by atoms with Crippen LogP contribution in [0.1, 0.15) is 35.4 Å². The summed E-state index contributed by atoms with van der Waals surface area (Å²) in [5, 5.41) is 6.72. The number of nitrogens with two attached hydrogens (primary N) is 1. The molecule has 0 spiro atoms. The van der Waals surface area contributed by atoms with Gasteiger partial charge in [-0.3, -0.25) is 9.79 Å². The van der Waals surface area contributed by atoms with Crippen LogP contribution in [0.3, 0.4) is 0 Å². The van der Waals surface area contributed by atoms with Gasteiger partial charge < -0.3 is 21.3 Å². The van der Waals surface area contributed by atoms with E-state index < -0.39 is 0 Å². The molecule has 0 unspecified atom stereocenters. The Bertz CT molecular complexity index is 564. The zero-order valence-corrected chi connectivity index (χ0v) is 16.2. The van der Waals surface area contributed by atoms with Gasteiger partial charge in [-0.05, 0) is 64.4 Å². The fourth-order valence-electron chi connectivity index (χ4n) is 3.08. The standard InChI is InChI=1S/C18H31N5OS/c1-14-5-6-16(25-14)13-22-18(20-2)21-9-3-4-10-23-11-7-15(8-12-23)17(19)24/h5-6,15H,3-4,7-13H2,1-2H3,(H2,19,24)(H2,20,21,22). The van der Waals surface area contributed by atoms with Gasteiger partial charge in [-0.15, -0.1) is 11.3 Å². The van der Waals surface area contributed by atoms with Crippen LogP contribution < -0.4 is 16.4 Å². The summed E-state index contributed by atoms with van der Waals surface area (Å²) in [6.07, 6.45) is 4.07. The second kappa shape index (κ2) is 10.4. The Morgan fingerprint density at radius 2 is 2.08 bits per heavy atom. The molecule has 140 valence electrons. The van der Waals surface area contributed by atoms with Crippen LogP contribution >= 0.6 is 11.3 Å². The first kappa shape index (κ1) is 19.7. The molecule has 0 saturated carbocycles. The van der Waals surface area contributed by atoms with Gasteiger partial charge in [0, 0.05) is 29.3 Å². The smallest absolute Gasteiger partial charge is 0.220 e. The number of aryl methyl sites for hydroxylation is 1. The Labute approximate surface area is 154 Å². The van der Waals surface area contributed by atoms with Gasteiger partial charge in [-0.25, -0.2) is 0 Å². The summed E-state index contributed by atoms with van der Waals surface area (Å²) in [6.45, 7) is 6.92. The highest BCUT2D eigenvalue weighted by molar-refractivity contribution is 7.11. The number of thiophene rings is 1. The molecule has 2 heterocycles. The summed E-state index contributed by atoms with van der Waals surface area (Å²) in [4.78, 5) is 20.5. The molecular weight excluding hydrogens is 334 g/mol. The van der Waals surface area contributed by atoms with Gasteiger partial charge >= 0.3 is 0 Å². The zero-order chi connectivity index (χ0) is 18.1. The predicted molar refractivity (Wildman–Crippen MR) is 105 cm³/mol. The van der Waals surface area contributed by atoms with Gasteiger partial charge in [0.05, 0.1) is 6.54 Å². The third kappa shape index (κ3) is 7.04. The van der Waals surface area contributed by atoms with E-state index in [9.17, 15) is 4.79 Å². The van der Waals surface area contributed by atoms with Crippen LogP contribution in [0, 0.1) is 12.8 Å². The monoisotopic (exact) mass is 365 g/mol. The SMILES string of the molecule is CN=C(NCCCCN1CCC(C(N)=O)CC1)NCc1ccc(C)s1. The molecule has 1 aliphatic heterocycles. The first-order valence-electron chi connectivity index (χ1n) is 9.10. The maximum absolute atomic E-state index is 11.2. The predicted octanol–water partition coefficient (Wildman–Crippen LogP) is 1.70. The van der Waals surface area contributed by atoms with E-state index in [1.807, 2.05) is 11.3 Å². The highest BCUT2D eigenvalue weighted by atomic mass is 32.1. The number of nitrogens with zero attached hydrogens (tertiary/aromatic N) is 2. The van der Waals surface area contributed by atoms with Gasteiger partial charge in [-0.1, -0.05) is 0 Å². The van der Waals surface area contributed by atoms with Crippen molar-refractivity contribution < 1.29 is 4.79 Å². The number of unbranched alkanes of at least 4 members (excludes halogenated alkanes) is 1. The van der Waals surface area contributed by atoms with Crippen molar-refractivity contribution in [1.29, 1.82) is 0 Å². The number of nitrogens with one attached hydrogen (secondary N) is 2. The molecule has 1 saturated heterocycles. The van der Waals surface area contributed by atoms with Crippen LogP contribution in [-0.2, 0) is 11.3 Å². The molecule has 0 radical (unpaired) electrons. The Hall–Kier alpha value is -1.60. The lowest BCUT2D eigenvalue weighted by molar-refractivity contribution is -0.123. The maximum Gasteiger partial charge on any atom is 0.220 e. The normalized spacial score (nSPS) is 16.8. The van der Waals surface area contributed by atoms with Crippen molar-refractivity contribution in [2.45, 2.75) is 39.2 Å². The lowest BCUT2D eigenvalue weighted by Gasteiger charge is -2.30. The number of piperidine rings is 1. The van der Waals surface area contributed by atoms with Gasteiger partial charge in [0.15, 0.2) is 5.96 Å². The Morgan fingerprint density at radius 3 is 2.68 bits per heavy atom. The molecule has 0 aromatic carbocycles. The Balaban J connectivity index is 1.53. The lowest BCUT2D eigenvalue weighted by atomic mass is 9.96. The fraction of sp³-hybridized carbons (Fsp3) is 0.667. The van der Waals surface area contributed by atoms with Crippen molar-refractivity contribution in [2.75, 3.05) is 33.2 Å². The van der Waals surface area contributed by atoms with E-state index in [0.717, 1.165) is 64.4 Å². The average Bonchev–Trinajstić information content (AvgIpc) is 3.03. The number of rotatable bonds is 8. The van der Waals surface area contributed by atoms with Crippen LogP contribution in [0.4, 0.5) is 0 Å². The molecule has 0 atom stereocenters. The number of primary amides is 1. The van der Waals surface area contributed by atoms with E-state index in [0.29, 0.717) is 0 Å². The van der Waals surface area contributed by atoms with Crippen molar-refractivity contribution >= 4 is 23.2 Å². The molecule has 4 N–H and O–H groups in total. The Morgan fingerprint density at radius 1 is 1.32 bits per heavy atom. The molecule has 1 aromatic rings. The molecule has 1 aliphatic rings. The number of guanidine groups is 1. The molecule has 1 amide bonds. The maximum atomic E-state index is 11.2. The van der Waals surface area contributed by atoms with E-state index in [1.165, 1.54) is 9.75 Å². The Kier molecular flexibility index (Phi) is 8.21. The molecule has 25 heavy (non-hydrogen) atoms. The number of amides is 1. The fourth-order valence-corrected chi connectivity index (χ4v) is 3.91. The molecule has 1 aromatic heterocycles. The summed E-state index contributed by atoms with van der Waals surface area (Å²) in [6, 6.07) is 4.30. The van der Waals surface area contributed by atoms with E-state index in [4.69, 9.17) is 5.73 Å². The third-order valence-corrected chi connectivity index (χ3v) is 5.63. The number of carbonyl (C=O) groups excluding carboxylic acids is 1. The minimum Gasteiger partial charge on any atom is -0.369 e. The highest BCUT2D eigenvalue weighted by Crippen LogP contribution is 2.17. The quantitative estimate of drug-likeness (QED) is 0.372. The molecule has 0 bridgehead atoms. The molecular formula is C18H31N5OS. The second-order valence-electron chi connectivity index (χ2n) is 6.59. The minimum absolute atomic E-state index is 0.0828. The largest absolute Gasteiger partial charge is 0.369 e. The van der Waals surface area contributed by atoms with Crippen molar-refractivity contribution in [3.63, 3.8) is 0 Å². The van der Waals surface area contributed by atoms with Gasteiger partial charge in [0.1, 0.15) is 0 Å². The molecule has 6 nitrogen and oxygen atoms in total. The van der Waals surface area contributed by atoms with Gasteiger partial charge in [0.25, 0.3) is 0 Å². The molecule has 0 aliphatic carbocycles. The topological polar surface area (TPSA) is 82.8 Å². The first-order chi connectivity index (χ1) is 12.1. The molecule has 2 rings (SSSR count). The van der Waals surface area contributed by atoms with Crippen molar-refractivity contribution in [2.24, 2.45) is 16.6 Å². The van der Waals surface area contributed by atoms with E-state index >= 15 is 0 Å². The van der Waals surface area contributed by atoms with Gasteiger partial charge in [-0.2, -0.15) is 0 Å². The third-order valence-electron chi connectivity index (χ3n) is 4.63. The van der Waals surface area contributed by atoms with E-state index in [-0.39, 0.29) is 11.8 Å². The van der Waals surface area contributed by atoms with Crippen LogP contribution in [0.15, 0.2) is 17.1 Å². The molecule has 7 heteroatoms.